The highest BCUT2D eigenvalue weighted by atomic mass is 35.5. The van der Waals surface area contributed by atoms with Crippen molar-refractivity contribution in [2.75, 3.05) is 18.4 Å². The van der Waals surface area contributed by atoms with E-state index in [1.807, 2.05) is 0 Å². The van der Waals surface area contributed by atoms with Gasteiger partial charge in [0.15, 0.2) is 0 Å². The van der Waals surface area contributed by atoms with Gasteiger partial charge in [0.2, 0.25) is 10.0 Å². The van der Waals surface area contributed by atoms with Crippen molar-refractivity contribution >= 4 is 39.1 Å². The molecule has 1 heterocycles. The SMILES string of the molecule is Cc1cc(F)ccc1S(=O)(=O)N1CCCC[C@@H]1CCNC(=O)C(=O)Nc1ccc(Cl)cc1. The molecule has 0 aromatic heterocycles. The van der Waals surface area contributed by atoms with E-state index < -0.39 is 27.7 Å². The summed E-state index contributed by atoms with van der Waals surface area (Å²) >= 11 is 5.80. The van der Waals surface area contributed by atoms with E-state index in [0.29, 0.717) is 35.7 Å². The monoisotopic (exact) mass is 481 g/mol. The quantitative estimate of drug-likeness (QED) is 0.617. The van der Waals surface area contributed by atoms with Crippen molar-refractivity contribution in [3.63, 3.8) is 0 Å². The Morgan fingerprint density at radius 2 is 1.84 bits per heavy atom. The molecule has 0 bridgehead atoms. The van der Waals surface area contributed by atoms with Gasteiger partial charge in [0.25, 0.3) is 0 Å². The van der Waals surface area contributed by atoms with Gasteiger partial charge in [-0.25, -0.2) is 12.8 Å². The smallest absolute Gasteiger partial charge is 0.313 e. The van der Waals surface area contributed by atoms with Crippen LogP contribution in [0.15, 0.2) is 47.4 Å². The summed E-state index contributed by atoms with van der Waals surface area (Å²) in [6.07, 6.45) is 2.60. The van der Waals surface area contributed by atoms with Crippen LogP contribution in [0.2, 0.25) is 5.02 Å². The molecule has 7 nitrogen and oxygen atoms in total. The second kappa shape index (κ2) is 10.4. The zero-order valence-electron chi connectivity index (χ0n) is 17.6. The van der Waals surface area contributed by atoms with Gasteiger partial charge in [-0.3, -0.25) is 9.59 Å². The molecule has 10 heteroatoms. The summed E-state index contributed by atoms with van der Waals surface area (Å²) in [5, 5.41) is 5.53. The average Bonchev–Trinajstić information content (AvgIpc) is 2.75. The number of halogens is 2. The summed E-state index contributed by atoms with van der Waals surface area (Å²) in [6.45, 7) is 2.06. The highest BCUT2D eigenvalue weighted by Gasteiger charge is 2.34. The predicted molar refractivity (Wildman–Crippen MR) is 120 cm³/mol. The molecule has 2 amide bonds. The summed E-state index contributed by atoms with van der Waals surface area (Å²) in [7, 11) is -3.81. The van der Waals surface area contributed by atoms with Gasteiger partial charge in [0.05, 0.1) is 4.90 Å². The number of nitrogens with one attached hydrogen (secondary N) is 2. The van der Waals surface area contributed by atoms with Gasteiger partial charge in [-0.2, -0.15) is 4.31 Å². The van der Waals surface area contributed by atoms with Crippen LogP contribution in [-0.2, 0) is 19.6 Å². The Bertz CT molecular complexity index is 1090. The van der Waals surface area contributed by atoms with Gasteiger partial charge >= 0.3 is 11.8 Å². The van der Waals surface area contributed by atoms with Crippen LogP contribution in [0.5, 0.6) is 0 Å². The summed E-state index contributed by atoms with van der Waals surface area (Å²) in [4.78, 5) is 24.3. The minimum atomic E-state index is -3.81. The van der Waals surface area contributed by atoms with Crippen molar-refractivity contribution in [3.05, 3.63) is 58.9 Å². The van der Waals surface area contributed by atoms with E-state index in [2.05, 4.69) is 10.6 Å². The lowest BCUT2D eigenvalue weighted by Gasteiger charge is -2.35. The molecule has 2 aromatic rings. The zero-order chi connectivity index (χ0) is 23.3. The van der Waals surface area contributed by atoms with Gasteiger partial charge < -0.3 is 10.6 Å². The number of nitrogens with zero attached hydrogens (tertiary/aromatic N) is 1. The maximum absolute atomic E-state index is 13.4. The number of rotatable bonds is 6. The van der Waals surface area contributed by atoms with Crippen LogP contribution in [-0.4, -0.2) is 43.7 Å². The van der Waals surface area contributed by atoms with Crippen molar-refractivity contribution in [1.82, 2.24) is 9.62 Å². The van der Waals surface area contributed by atoms with E-state index in [4.69, 9.17) is 11.6 Å². The van der Waals surface area contributed by atoms with Crippen LogP contribution in [0.1, 0.15) is 31.2 Å². The Hall–Kier alpha value is -2.49. The summed E-state index contributed by atoms with van der Waals surface area (Å²) < 4.78 is 41.3. The number of anilines is 1. The van der Waals surface area contributed by atoms with Crippen molar-refractivity contribution in [2.45, 2.75) is 43.5 Å². The third-order valence-electron chi connectivity index (χ3n) is 5.37. The Morgan fingerprint density at radius 1 is 1.12 bits per heavy atom. The number of aryl methyl sites for hydroxylation is 1. The van der Waals surface area contributed by atoms with Crippen LogP contribution in [0, 0.1) is 12.7 Å². The average molecular weight is 482 g/mol. The number of carbonyl (C=O) groups excluding carboxylic acids is 2. The molecule has 0 saturated carbocycles. The minimum absolute atomic E-state index is 0.0807. The standard InChI is InChI=1S/C22H25ClFN3O4S/c1-15-14-17(24)7-10-20(15)32(30,31)27-13-3-2-4-19(27)11-12-25-21(28)22(29)26-18-8-5-16(23)6-9-18/h5-10,14,19H,2-4,11-13H2,1H3,(H,25,28)(H,26,29)/t19-/m1/s1. The Labute approximate surface area is 192 Å². The van der Waals surface area contributed by atoms with Crippen LogP contribution in [0.3, 0.4) is 0 Å². The van der Waals surface area contributed by atoms with Crippen LogP contribution >= 0.6 is 11.6 Å². The summed E-state index contributed by atoms with van der Waals surface area (Å²) in [6, 6.07) is 9.65. The van der Waals surface area contributed by atoms with Gasteiger partial charge in [-0.1, -0.05) is 18.0 Å². The lowest BCUT2D eigenvalue weighted by atomic mass is 10.0. The minimum Gasteiger partial charge on any atom is -0.348 e. The first-order valence-corrected chi connectivity index (χ1v) is 12.1. The molecule has 2 N–H and O–H groups in total. The molecule has 32 heavy (non-hydrogen) atoms. The van der Waals surface area contributed by atoms with Crippen molar-refractivity contribution in [1.29, 1.82) is 0 Å². The number of piperidine rings is 1. The third kappa shape index (κ3) is 5.85. The fourth-order valence-electron chi connectivity index (χ4n) is 3.76. The molecule has 172 valence electrons. The van der Waals surface area contributed by atoms with E-state index in [0.717, 1.165) is 18.9 Å². The molecule has 0 unspecified atom stereocenters. The highest BCUT2D eigenvalue weighted by Crippen LogP contribution is 2.28. The highest BCUT2D eigenvalue weighted by molar-refractivity contribution is 7.89. The largest absolute Gasteiger partial charge is 0.348 e. The fraction of sp³-hybridized carbons (Fsp3) is 0.364. The van der Waals surface area contributed by atoms with Crippen molar-refractivity contribution in [2.24, 2.45) is 0 Å². The van der Waals surface area contributed by atoms with Crippen LogP contribution in [0.25, 0.3) is 0 Å². The molecule has 1 aliphatic heterocycles. The lowest BCUT2D eigenvalue weighted by molar-refractivity contribution is -0.136. The summed E-state index contributed by atoms with van der Waals surface area (Å²) in [5.74, 6) is -2.11. The second-order valence-electron chi connectivity index (χ2n) is 7.68. The third-order valence-corrected chi connectivity index (χ3v) is 7.73. The molecular formula is C22H25ClFN3O4S. The molecule has 0 aliphatic carbocycles. The van der Waals surface area contributed by atoms with E-state index in [1.54, 1.807) is 31.2 Å². The van der Waals surface area contributed by atoms with Crippen molar-refractivity contribution in [3.8, 4) is 0 Å². The topological polar surface area (TPSA) is 95.6 Å². The van der Waals surface area contributed by atoms with Crippen LogP contribution in [0.4, 0.5) is 10.1 Å². The van der Waals surface area contributed by atoms with Crippen molar-refractivity contribution < 1.29 is 22.4 Å². The molecule has 2 aromatic carbocycles. The molecule has 0 spiro atoms. The Morgan fingerprint density at radius 3 is 2.53 bits per heavy atom. The maximum atomic E-state index is 13.4. The van der Waals surface area contributed by atoms with E-state index in [-0.39, 0.29) is 17.5 Å². The molecule has 1 saturated heterocycles. The van der Waals surface area contributed by atoms with E-state index in [9.17, 15) is 22.4 Å². The molecular weight excluding hydrogens is 457 g/mol. The Balaban J connectivity index is 1.60. The van der Waals surface area contributed by atoms with Gasteiger partial charge in [-0.15, -0.1) is 0 Å². The van der Waals surface area contributed by atoms with Crippen LogP contribution < -0.4 is 10.6 Å². The fourth-order valence-corrected chi connectivity index (χ4v) is 5.82. The number of carbonyl (C=O) groups is 2. The second-order valence-corrected chi connectivity index (χ2v) is 9.98. The summed E-state index contributed by atoms with van der Waals surface area (Å²) in [5.41, 5.74) is 0.787. The Kier molecular flexibility index (Phi) is 7.86. The molecule has 1 atom stereocenters. The number of amides is 2. The van der Waals surface area contributed by atoms with Gasteiger partial charge in [0.1, 0.15) is 5.82 Å². The molecule has 3 rings (SSSR count). The first kappa shape index (κ1) is 24.2. The van der Waals surface area contributed by atoms with E-state index >= 15 is 0 Å². The van der Waals surface area contributed by atoms with Gasteiger partial charge in [-0.05, 0) is 74.2 Å². The number of sulfonamides is 1. The normalized spacial score (nSPS) is 17.0. The lowest BCUT2D eigenvalue weighted by Crippen LogP contribution is -2.46. The zero-order valence-corrected chi connectivity index (χ0v) is 19.2. The predicted octanol–water partition coefficient (Wildman–Crippen LogP) is 3.48. The number of benzene rings is 2. The molecule has 1 aliphatic rings. The van der Waals surface area contributed by atoms with E-state index in [1.165, 1.54) is 16.4 Å². The number of hydrogen-bond donors (Lipinski definition) is 2. The molecule has 0 radical (unpaired) electrons. The maximum Gasteiger partial charge on any atom is 0.313 e. The van der Waals surface area contributed by atoms with Gasteiger partial charge in [0, 0.05) is 29.8 Å². The first-order valence-electron chi connectivity index (χ1n) is 10.3. The first-order chi connectivity index (χ1) is 15.2. The molecule has 1 fully saturated rings. The number of hydrogen-bond acceptors (Lipinski definition) is 4.